The monoisotopic (exact) mass is 348 g/mol. The van der Waals surface area contributed by atoms with E-state index in [0.29, 0.717) is 26.5 Å². The molecular formula is C16H10Cl2N2O3. The Bertz CT molecular complexity index is 903. The number of hydrogen-bond acceptors (Lipinski definition) is 3. The maximum Gasteiger partial charge on any atom is 0.319 e. The molecule has 2 aromatic heterocycles. The molecule has 7 heteroatoms. The lowest BCUT2D eigenvalue weighted by atomic mass is 9.92. The number of ketones is 1. The molecule has 23 heavy (non-hydrogen) atoms. The van der Waals surface area contributed by atoms with Crippen molar-refractivity contribution in [2.45, 2.75) is 5.92 Å². The van der Waals surface area contributed by atoms with Crippen LogP contribution in [0.2, 0.25) is 10.0 Å². The topological polar surface area (TPSA) is 83.0 Å². The Morgan fingerprint density at radius 3 is 2.52 bits per heavy atom. The van der Waals surface area contributed by atoms with Crippen molar-refractivity contribution >= 4 is 45.9 Å². The molecule has 5 nitrogen and oxygen atoms in total. The summed E-state index contributed by atoms with van der Waals surface area (Å²) in [6, 6.07) is 7.90. The quantitative estimate of drug-likeness (QED) is 0.552. The van der Waals surface area contributed by atoms with Gasteiger partial charge in [0.05, 0.1) is 5.02 Å². The highest BCUT2D eigenvalue weighted by atomic mass is 35.5. The van der Waals surface area contributed by atoms with Gasteiger partial charge in [0.25, 0.3) is 0 Å². The second-order valence-corrected chi connectivity index (χ2v) is 5.80. The molecule has 0 aliphatic heterocycles. The van der Waals surface area contributed by atoms with Crippen LogP contribution in [0.3, 0.4) is 0 Å². The number of H-pyrrole nitrogens is 1. The number of halogens is 2. The highest BCUT2D eigenvalue weighted by Gasteiger charge is 2.32. The van der Waals surface area contributed by atoms with Crippen LogP contribution in [0.25, 0.3) is 10.9 Å². The molecule has 1 unspecified atom stereocenters. The number of rotatable bonds is 4. The summed E-state index contributed by atoms with van der Waals surface area (Å²) in [5, 5.41) is 11.0. The number of pyridine rings is 1. The Balaban J connectivity index is 2.09. The number of nitrogens with zero attached hydrogens (tertiary/aromatic N) is 1. The van der Waals surface area contributed by atoms with Gasteiger partial charge in [-0.3, -0.25) is 14.6 Å². The lowest BCUT2D eigenvalue weighted by Gasteiger charge is -2.10. The fourth-order valence-electron chi connectivity index (χ4n) is 2.42. The third kappa shape index (κ3) is 2.93. The van der Waals surface area contributed by atoms with E-state index in [4.69, 9.17) is 23.2 Å². The molecule has 1 atom stereocenters. The number of aromatic amines is 1. The molecule has 2 heterocycles. The zero-order chi connectivity index (χ0) is 16.6. The minimum absolute atomic E-state index is 0.0464. The van der Waals surface area contributed by atoms with Crippen LogP contribution in [-0.4, -0.2) is 26.8 Å². The smallest absolute Gasteiger partial charge is 0.319 e. The van der Waals surface area contributed by atoms with Crippen molar-refractivity contribution < 1.29 is 14.7 Å². The number of carbonyl (C=O) groups excluding carboxylic acids is 1. The number of carboxylic acid groups (broad SMARTS) is 1. The molecule has 1 aromatic carbocycles. The minimum Gasteiger partial charge on any atom is -0.480 e. The molecule has 116 valence electrons. The van der Waals surface area contributed by atoms with Crippen molar-refractivity contribution in [1.29, 1.82) is 0 Å². The van der Waals surface area contributed by atoms with Crippen LogP contribution in [0.1, 0.15) is 22.0 Å². The van der Waals surface area contributed by atoms with Gasteiger partial charge >= 0.3 is 5.97 Å². The summed E-state index contributed by atoms with van der Waals surface area (Å²) >= 11 is 11.7. The van der Waals surface area contributed by atoms with E-state index in [9.17, 15) is 14.7 Å². The molecular weight excluding hydrogens is 339 g/mol. The van der Waals surface area contributed by atoms with Gasteiger partial charge in [0.15, 0.2) is 5.78 Å². The summed E-state index contributed by atoms with van der Waals surface area (Å²) < 4.78 is 0. The number of fused-ring (bicyclic) bond motifs is 1. The first-order valence-corrected chi connectivity index (χ1v) is 7.38. The van der Waals surface area contributed by atoms with E-state index in [0.717, 1.165) is 0 Å². The molecule has 0 bridgehead atoms. The number of carboxylic acids is 1. The van der Waals surface area contributed by atoms with E-state index in [-0.39, 0.29) is 5.69 Å². The van der Waals surface area contributed by atoms with E-state index in [1.165, 1.54) is 24.5 Å². The number of aromatic nitrogens is 2. The Labute approximate surface area is 140 Å². The summed E-state index contributed by atoms with van der Waals surface area (Å²) in [4.78, 5) is 31.1. The van der Waals surface area contributed by atoms with Gasteiger partial charge in [0.1, 0.15) is 11.6 Å². The Hall–Kier alpha value is -2.37. The lowest BCUT2D eigenvalue weighted by Crippen LogP contribution is -2.22. The van der Waals surface area contributed by atoms with E-state index in [1.807, 2.05) is 0 Å². The van der Waals surface area contributed by atoms with Gasteiger partial charge < -0.3 is 10.1 Å². The fraction of sp³-hybridized carbons (Fsp3) is 0.0625. The number of benzene rings is 1. The van der Waals surface area contributed by atoms with Gasteiger partial charge in [-0.15, -0.1) is 0 Å². The van der Waals surface area contributed by atoms with E-state index in [1.54, 1.807) is 18.2 Å². The van der Waals surface area contributed by atoms with E-state index < -0.39 is 17.7 Å². The zero-order valence-electron chi connectivity index (χ0n) is 11.6. The fourth-order valence-corrected chi connectivity index (χ4v) is 2.70. The number of aliphatic carboxylic acids is 1. The van der Waals surface area contributed by atoms with Gasteiger partial charge in [-0.05, 0) is 29.8 Å². The summed E-state index contributed by atoms with van der Waals surface area (Å²) in [5.74, 6) is -3.22. The van der Waals surface area contributed by atoms with Crippen molar-refractivity contribution in [3.63, 3.8) is 0 Å². The Kier molecular flexibility index (Phi) is 4.07. The SMILES string of the molecule is O=C(O)C(C(=O)c1ccc(Cl)cn1)c1c[nH]c2cc(Cl)ccc12. The second-order valence-electron chi connectivity index (χ2n) is 4.93. The zero-order valence-corrected chi connectivity index (χ0v) is 13.1. The first-order chi connectivity index (χ1) is 11.0. The first-order valence-electron chi connectivity index (χ1n) is 6.62. The third-order valence-corrected chi connectivity index (χ3v) is 3.93. The van der Waals surface area contributed by atoms with Crippen molar-refractivity contribution in [2.75, 3.05) is 0 Å². The standard InChI is InChI=1S/C16H10Cl2N2O3/c17-8-1-3-10-11(7-20-13(10)5-8)14(16(22)23)15(21)12-4-2-9(18)6-19-12/h1-7,14,20H,(H,22,23). The minimum atomic E-state index is -1.36. The third-order valence-electron chi connectivity index (χ3n) is 3.48. The van der Waals surface area contributed by atoms with Gasteiger partial charge in [-0.1, -0.05) is 29.3 Å². The van der Waals surface area contributed by atoms with Crippen molar-refractivity contribution in [3.8, 4) is 0 Å². The van der Waals surface area contributed by atoms with Crippen LogP contribution in [0.4, 0.5) is 0 Å². The van der Waals surface area contributed by atoms with Gasteiger partial charge in [-0.25, -0.2) is 0 Å². The molecule has 0 saturated carbocycles. The number of hydrogen-bond donors (Lipinski definition) is 2. The normalized spacial score (nSPS) is 12.3. The van der Waals surface area contributed by atoms with Gasteiger partial charge in [0.2, 0.25) is 0 Å². The Morgan fingerprint density at radius 1 is 1.13 bits per heavy atom. The molecule has 0 aliphatic rings. The van der Waals surface area contributed by atoms with Crippen molar-refractivity contribution in [1.82, 2.24) is 9.97 Å². The maximum atomic E-state index is 12.6. The predicted molar refractivity (Wildman–Crippen MR) is 87.3 cm³/mol. The van der Waals surface area contributed by atoms with Crippen LogP contribution in [0.5, 0.6) is 0 Å². The van der Waals surface area contributed by atoms with Gasteiger partial charge in [0, 0.05) is 28.3 Å². The maximum absolute atomic E-state index is 12.6. The molecule has 0 saturated heterocycles. The summed E-state index contributed by atoms with van der Waals surface area (Å²) in [6.07, 6.45) is 2.82. The number of nitrogens with one attached hydrogen (secondary N) is 1. The number of carbonyl (C=O) groups is 2. The highest BCUT2D eigenvalue weighted by Crippen LogP contribution is 2.30. The summed E-state index contributed by atoms with van der Waals surface area (Å²) in [7, 11) is 0. The average Bonchev–Trinajstić information content (AvgIpc) is 2.90. The van der Waals surface area contributed by atoms with Crippen molar-refractivity contribution in [3.05, 3.63) is 64.0 Å². The molecule has 0 amide bonds. The van der Waals surface area contributed by atoms with Crippen LogP contribution < -0.4 is 0 Å². The summed E-state index contributed by atoms with van der Waals surface area (Å²) in [5.41, 5.74) is 1.08. The lowest BCUT2D eigenvalue weighted by molar-refractivity contribution is -0.137. The predicted octanol–water partition coefficient (Wildman–Crippen LogP) is 3.92. The molecule has 0 spiro atoms. The van der Waals surface area contributed by atoms with Crippen LogP contribution >= 0.6 is 23.2 Å². The van der Waals surface area contributed by atoms with E-state index in [2.05, 4.69) is 9.97 Å². The van der Waals surface area contributed by atoms with Gasteiger partial charge in [-0.2, -0.15) is 0 Å². The van der Waals surface area contributed by atoms with Crippen LogP contribution in [0, 0.1) is 0 Å². The second kappa shape index (κ2) is 6.02. The largest absolute Gasteiger partial charge is 0.480 e. The molecule has 3 rings (SSSR count). The molecule has 2 N–H and O–H groups in total. The Morgan fingerprint density at radius 2 is 1.87 bits per heavy atom. The van der Waals surface area contributed by atoms with Crippen molar-refractivity contribution in [2.24, 2.45) is 0 Å². The van der Waals surface area contributed by atoms with Crippen LogP contribution in [-0.2, 0) is 4.79 Å². The van der Waals surface area contributed by atoms with Crippen LogP contribution in [0.15, 0.2) is 42.7 Å². The van der Waals surface area contributed by atoms with E-state index >= 15 is 0 Å². The average molecular weight is 349 g/mol. The molecule has 0 radical (unpaired) electrons. The molecule has 0 fully saturated rings. The summed E-state index contributed by atoms with van der Waals surface area (Å²) in [6.45, 7) is 0. The highest BCUT2D eigenvalue weighted by molar-refractivity contribution is 6.31. The first kappa shape index (κ1) is 15.5. The number of Topliss-reactive ketones (excluding diaryl/α,β-unsaturated/α-hetero) is 1. The molecule has 0 aliphatic carbocycles. The molecule has 3 aromatic rings.